The molecule has 10 heteroatoms. The molecule has 0 radical (unpaired) electrons. The molecule has 1 aliphatic rings. The molecule has 25 heavy (non-hydrogen) atoms. The second kappa shape index (κ2) is 5.98. The van der Waals surface area contributed by atoms with Crippen molar-refractivity contribution in [2.75, 3.05) is 11.9 Å². The van der Waals surface area contributed by atoms with Gasteiger partial charge in [-0.05, 0) is 23.8 Å². The van der Waals surface area contributed by atoms with E-state index < -0.39 is 11.9 Å². The van der Waals surface area contributed by atoms with Crippen molar-refractivity contribution in [2.24, 2.45) is 0 Å². The Morgan fingerprint density at radius 3 is 3.00 bits per heavy atom. The highest BCUT2D eigenvalue weighted by Crippen LogP contribution is 2.31. The molecule has 126 valence electrons. The summed E-state index contributed by atoms with van der Waals surface area (Å²) in [5, 5.41) is 19.4. The molecule has 0 saturated carbocycles. The van der Waals surface area contributed by atoms with E-state index in [0.717, 1.165) is 23.3 Å². The van der Waals surface area contributed by atoms with Crippen molar-refractivity contribution in [3.63, 3.8) is 0 Å². The van der Waals surface area contributed by atoms with Crippen LogP contribution in [0.5, 0.6) is 5.75 Å². The number of amides is 1. The molecule has 0 saturated heterocycles. The number of aromatic nitrogens is 4. The number of nitrogens with one attached hydrogen (secondary N) is 2. The van der Waals surface area contributed by atoms with Gasteiger partial charge in [0, 0.05) is 17.4 Å². The van der Waals surface area contributed by atoms with Crippen molar-refractivity contribution >= 4 is 29.2 Å². The van der Waals surface area contributed by atoms with Crippen molar-refractivity contribution < 1.29 is 19.4 Å². The molecular formula is C15H11N5O4S. The van der Waals surface area contributed by atoms with Crippen molar-refractivity contribution in [1.82, 2.24) is 20.2 Å². The number of rotatable bonds is 4. The lowest BCUT2D eigenvalue weighted by molar-refractivity contribution is 0.0683. The lowest BCUT2D eigenvalue weighted by Crippen LogP contribution is -2.13. The van der Waals surface area contributed by atoms with Gasteiger partial charge in [-0.25, -0.2) is 9.78 Å². The highest BCUT2D eigenvalue weighted by Gasteiger charge is 2.18. The first-order valence-electron chi connectivity index (χ1n) is 7.29. The number of hydrogen-bond acceptors (Lipinski definition) is 7. The molecule has 1 aliphatic heterocycles. The Bertz CT molecular complexity index is 980. The van der Waals surface area contributed by atoms with Crippen LogP contribution in [0, 0.1) is 0 Å². The van der Waals surface area contributed by atoms with Crippen LogP contribution in [0.25, 0.3) is 10.6 Å². The molecule has 0 spiro atoms. The lowest BCUT2D eigenvalue weighted by atomic mass is 10.1. The summed E-state index contributed by atoms with van der Waals surface area (Å²) in [6.45, 7) is 0.680. The number of H-pyrrole nitrogens is 1. The highest BCUT2D eigenvalue weighted by molar-refractivity contribution is 7.13. The van der Waals surface area contributed by atoms with Gasteiger partial charge >= 0.3 is 5.97 Å². The Labute approximate surface area is 144 Å². The number of hydrogen-bond donors (Lipinski definition) is 3. The summed E-state index contributed by atoms with van der Waals surface area (Å²) >= 11 is 1.34. The van der Waals surface area contributed by atoms with Gasteiger partial charge < -0.3 is 9.84 Å². The van der Waals surface area contributed by atoms with Gasteiger partial charge in [0.1, 0.15) is 16.5 Å². The molecule has 3 N–H and O–H groups in total. The van der Waals surface area contributed by atoms with Crippen LogP contribution < -0.4 is 10.1 Å². The molecule has 9 nitrogen and oxygen atoms in total. The van der Waals surface area contributed by atoms with Crippen LogP contribution in [0.3, 0.4) is 0 Å². The van der Waals surface area contributed by atoms with E-state index in [2.05, 4.69) is 25.5 Å². The molecule has 0 fully saturated rings. The first-order chi connectivity index (χ1) is 12.1. The van der Waals surface area contributed by atoms with E-state index in [4.69, 9.17) is 9.84 Å². The maximum Gasteiger partial charge on any atom is 0.373 e. The zero-order valence-corrected chi connectivity index (χ0v) is 13.5. The average Bonchev–Trinajstić information content (AvgIpc) is 3.33. The maximum absolute atomic E-state index is 12.2. The fourth-order valence-corrected chi connectivity index (χ4v) is 3.21. The third-order valence-corrected chi connectivity index (χ3v) is 4.48. The fourth-order valence-electron chi connectivity index (χ4n) is 2.41. The van der Waals surface area contributed by atoms with Crippen LogP contribution >= 0.6 is 11.3 Å². The minimum absolute atomic E-state index is 0.119. The van der Waals surface area contributed by atoms with E-state index in [-0.39, 0.29) is 17.5 Å². The highest BCUT2D eigenvalue weighted by atomic mass is 32.1. The van der Waals surface area contributed by atoms with Gasteiger partial charge in [-0.1, -0.05) is 0 Å². The Balaban J connectivity index is 1.52. The van der Waals surface area contributed by atoms with Crippen molar-refractivity contribution in [3.8, 4) is 16.3 Å². The molecule has 0 unspecified atom stereocenters. The van der Waals surface area contributed by atoms with E-state index in [0.29, 0.717) is 11.6 Å². The number of nitrogens with zero attached hydrogens (tertiary/aromatic N) is 3. The largest absolute Gasteiger partial charge is 0.493 e. The molecule has 0 bridgehead atoms. The van der Waals surface area contributed by atoms with E-state index in [1.54, 1.807) is 5.38 Å². The zero-order chi connectivity index (χ0) is 17.4. The molecule has 3 aromatic rings. The average molecular weight is 357 g/mol. The fraction of sp³-hybridized carbons (Fsp3) is 0.133. The maximum atomic E-state index is 12.2. The van der Waals surface area contributed by atoms with Crippen LogP contribution in [0.4, 0.5) is 5.95 Å². The number of ether oxygens (including phenoxy) is 1. The summed E-state index contributed by atoms with van der Waals surface area (Å²) in [7, 11) is 0. The quantitative estimate of drug-likeness (QED) is 0.649. The first-order valence-corrected chi connectivity index (χ1v) is 8.17. The van der Waals surface area contributed by atoms with Gasteiger partial charge in [-0.3, -0.25) is 15.2 Å². The van der Waals surface area contributed by atoms with Crippen molar-refractivity contribution in [1.29, 1.82) is 0 Å². The predicted octanol–water partition coefficient (Wildman–Crippen LogP) is 1.81. The van der Waals surface area contributed by atoms with Gasteiger partial charge in [0.2, 0.25) is 11.8 Å². The van der Waals surface area contributed by atoms with Gasteiger partial charge in [0.15, 0.2) is 0 Å². The minimum Gasteiger partial charge on any atom is -0.493 e. The Morgan fingerprint density at radius 2 is 2.20 bits per heavy atom. The number of carboxylic acid groups (broad SMARTS) is 1. The summed E-state index contributed by atoms with van der Waals surface area (Å²) in [4.78, 5) is 30.9. The van der Waals surface area contributed by atoms with Gasteiger partial charge in [0.05, 0.1) is 6.61 Å². The molecule has 3 heterocycles. The van der Waals surface area contributed by atoms with Crippen LogP contribution in [-0.2, 0) is 6.42 Å². The van der Waals surface area contributed by atoms with Gasteiger partial charge in [0.25, 0.3) is 5.91 Å². The summed E-state index contributed by atoms with van der Waals surface area (Å²) in [5.41, 5.74) is 2.25. The van der Waals surface area contributed by atoms with Crippen molar-refractivity contribution in [2.45, 2.75) is 6.42 Å². The van der Waals surface area contributed by atoms with Crippen LogP contribution in [0.2, 0.25) is 0 Å². The number of thiazole rings is 1. The summed E-state index contributed by atoms with van der Waals surface area (Å²) in [5.74, 6) is -1.36. The predicted molar refractivity (Wildman–Crippen MR) is 88.0 cm³/mol. The Kier molecular flexibility index (Phi) is 3.65. The number of benzene rings is 1. The second-order valence-corrected chi connectivity index (χ2v) is 6.08. The number of aromatic carboxylic acids is 1. The Hall–Kier alpha value is -3.27. The number of aromatic amines is 1. The zero-order valence-electron chi connectivity index (χ0n) is 12.6. The number of carboxylic acids is 1. The summed E-state index contributed by atoms with van der Waals surface area (Å²) in [6.07, 6.45) is 0.860. The first kappa shape index (κ1) is 15.3. The normalized spacial score (nSPS) is 12.5. The second-order valence-electron chi connectivity index (χ2n) is 5.23. The van der Waals surface area contributed by atoms with E-state index in [1.165, 1.54) is 11.3 Å². The molecule has 0 aliphatic carbocycles. The number of carbonyl (C=O) groups is 2. The SMILES string of the molecule is O=C(Nc1n[nH]c(C(=O)O)n1)c1csc(-c2ccc3c(c2)CCO3)n1. The smallest absolute Gasteiger partial charge is 0.373 e. The Morgan fingerprint density at radius 1 is 1.32 bits per heavy atom. The van der Waals surface area contributed by atoms with E-state index >= 15 is 0 Å². The van der Waals surface area contributed by atoms with Crippen molar-refractivity contribution in [3.05, 3.63) is 40.7 Å². The van der Waals surface area contributed by atoms with Crippen LogP contribution in [-0.4, -0.2) is 43.8 Å². The molecule has 4 rings (SSSR count). The standard InChI is InChI=1S/C15H11N5O4S/c21-12(18-15-17-11(14(22)23)19-20-15)9-6-25-13(16-9)8-1-2-10-7(5-8)3-4-24-10/h1-2,5-6H,3-4H2,(H,22,23)(H2,17,18,19,20,21). The molecule has 2 aromatic heterocycles. The van der Waals surface area contributed by atoms with Gasteiger partial charge in [-0.2, -0.15) is 4.98 Å². The summed E-state index contributed by atoms with van der Waals surface area (Å²) in [6, 6.07) is 5.82. The number of fused-ring (bicyclic) bond motifs is 1. The third kappa shape index (κ3) is 2.94. The van der Waals surface area contributed by atoms with Gasteiger partial charge in [-0.15, -0.1) is 16.4 Å². The molecule has 0 atom stereocenters. The molecule has 1 amide bonds. The van der Waals surface area contributed by atoms with Crippen LogP contribution in [0.1, 0.15) is 26.7 Å². The number of anilines is 1. The summed E-state index contributed by atoms with van der Waals surface area (Å²) < 4.78 is 5.48. The topological polar surface area (TPSA) is 130 Å². The number of carbonyl (C=O) groups excluding carboxylic acids is 1. The monoisotopic (exact) mass is 357 g/mol. The van der Waals surface area contributed by atoms with Crippen LogP contribution in [0.15, 0.2) is 23.6 Å². The molecule has 1 aromatic carbocycles. The minimum atomic E-state index is -1.26. The molecular weight excluding hydrogens is 346 g/mol. The lowest BCUT2D eigenvalue weighted by Gasteiger charge is -2.01. The van der Waals surface area contributed by atoms with E-state index in [1.807, 2.05) is 18.2 Å². The third-order valence-electron chi connectivity index (χ3n) is 3.59. The van der Waals surface area contributed by atoms with E-state index in [9.17, 15) is 9.59 Å².